The number of ether oxygens (including phenoxy) is 1. The Morgan fingerprint density at radius 3 is 2.44 bits per heavy atom. The van der Waals surface area contributed by atoms with E-state index in [-0.39, 0.29) is 10.8 Å². The second-order valence-corrected chi connectivity index (χ2v) is 9.09. The molecule has 1 aromatic rings. The first-order valence-corrected chi connectivity index (χ1v) is 10.8. The number of fused-ring (bicyclic) bond motifs is 2. The van der Waals surface area contributed by atoms with Crippen molar-refractivity contribution < 1.29 is 17.9 Å². The van der Waals surface area contributed by atoms with E-state index < -0.39 is 9.84 Å². The Morgan fingerprint density at radius 2 is 1.84 bits per heavy atom. The molecule has 1 amide bonds. The molecule has 2 saturated heterocycles. The van der Waals surface area contributed by atoms with Gasteiger partial charge in [0.05, 0.1) is 11.5 Å². The van der Waals surface area contributed by atoms with Crippen molar-refractivity contribution in [3.8, 4) is 5.75 Å². The van der Waals surface area contributed by atoms with Crippen molar-refractivity contribution in [3.05, 3.63) is 24.3 Å². The second kappa shape index (κ2) is 7.74. The summed E-state index contributed by atoms with van der Waals surface area (Å²) in [4.78, 5) is 12.3. The molecule has 25 heavy (non-hydrogen) atoms. The standard InChI is InChI=1S/C18H26N2O4S/c1-25(22,23)17-8-6-16(7-9-17)24-10-2-3-18(21)20-15-11-13-4-5-14(12-15)19-13/h6-9,13-15,19H,2-5,10-12H2,1H3,(H,20,21). The Kier molecular flexibility index (Phi) is 5.64. The van der Waals surface area contributed by atoms with E-state index in [4.69, 9.17) is 4.74 Å². The molecule has 2 aliphatic heterocycles. The lowest BCUT2D eigenvalue weighted by Crippen LogP contribution is -2.48. The van der Waals surface area contributed by atoms with Gasteiger partial charge in [0.2, 0.25) is 5.91 Å². The topological polar surface area (TPSA) is 84.5 Å². The van der Waals surface area contributed by atoms with Gasteiger partial charge in [0, 0.05) is 30.8 Å². The van der Waals surface area contributed by atoms with Gasteiger partial charge in [-0.2, -0.15) is 0 Å². The van der Waals surface area contributed by atoms with Crippen LogP contribution in [0.5, 0.6) is 5.75 Å². The van der Waals surface area contributed by atoms with Crippen LogP contribution in [0.4, 0.5) is 0 Å². The van der Waals surface area contributed by atoms with E-state index in [1.807, 2.05) is 0 Å². The van der Waals surface area contributed by atoms with Crippen LogP contribution in [0, 0.1) is 0 Å². The van der Waals surface area contributed by atoms with Crippen molar-refractivity contribution in [1.29, 1.82) is 0 Å². The molecule has 2 fully saturated rings. The summed E-state index contributed by atoms with van der Waals surface area (Å²) >= 11 is 0. The molecule has 2 bridgehead atoms. The van der Waals surface area contributed by atoms with Crippen LogP contribution >= 0.6 is 0 Å². The van der Waals surface area contributed by atoms with Gasteiger partial charge in [-0.1, -0.05) is 0 Å². The fourth-order valence-corrected chi connectivity index (χ4v) is 4.31. The smallest absolute Gasteiger partial charge is 0.220 e. The molecule has 138 valence electrons. The number of piperidine rings is 1. The summed E-state index contributed by atoms with van der Waals surface area (Å²) in [6.45, 7) is 0.434. The van der Waals surface area contributed by atoms with E-state index in [1.54, 1.807) is 12.1 Å². The Balaban J connectivity index is 1.35. The molecule has 0 aromatic heterocycles. The zero-order chi connectivity index (χ0) is 17.9. The summed E-state index contributed by atoms with van der Waals surface area (Å²) in [6.07, 6.45) is 6.77. The third-order valence-electron chi connectivity index (χ3n) is 4.91. The molecule has 1 aromatic carbocycles. The van der Waals surface area contributed by atoms with Gasteiger partial charge in [-0.05, 0) is 56.4 Å². The third kappa shape index (κ3) is 5.19. The molecule has 2 heterocycles. The Hall–Kier alpha value is -1.60. The van der Waals surface area contributed by atoms with E-state index in [2.05, 4.69) is 10.6 Å². The van der Waals surface area contributed by atoms with Gasteiger partial charge in [0.25, 0.3) is 0 Å². The molecule has 0 aliphatic carbocycles. The van der Waals surface area contributed by atoms with E-state index >= 15 is 0 Å². The summed E-state index contributed by atoms with van der Waals surface area (Å²) in [5.41, 5.74) is 0. The Bertz CT molecular complexity index is 690. The zero-order valence-electron chi connectivity index (χ0n) is 14.5. The monoisotopic (exact) mass is 366 g/mol. The predicted molar refractivity (Wildman–Crippen MR) is 95.4 cm³/mol. The van der Waals surface area contributed by atoms with Crippen LogP contribution in [0.1, 0.15) is 38.5 Å². The quantitative estimate of drug-likeness (QED) is 0.717. The fourth-order valence-electron chi connectivity index (χ4n) is 3.68. The van der Waals surface area contributed by atoms with Crippen LogP contribution in [0.15, 0.2) is 29.2 Å². The molecular formula is C18H26N2O4S. The number of benzene rings is 1. The molecule has 2 N–H and O–H groups in total. The number of rotatable bonds is 7. The van der Waals surface area contributed by atoms with Crippen LogP contribution in [-0.2, 0) is 14.6 Å². The lowest BCUT2D eigenvalue weighted by Gasteiger charge is -2.29. The molecule has 3 rings (SSSR count). The predicted octanol–water partition coefficient (Wildman–Crippen LogP) is 1.65. The SMILES string of the molecule is CS(=O)(=O)c1ccc(OCCCC(=O)NC2CC3CCC(C2)N3)cc1. The molecule has 7 heteroatoms. The highest BCUT2D eigenvalue weighted by molar-refractivity contribution is 7.90. The largest absolute Gasteiger partial charge is 0.494 e. The summed E-state index contributed by atoms with van der Waals surface area (Å²) in [5.74, 6) is 0.699. The maximum Gasteiger partial charge on any atom is 0.220 e. The van der Waals surface area contributed by atoms with Gasteiger partial charge in [-0.25, -0.2) is 8.42 Å². The van der Waals surface area contributed by atoms with Gasteiger partial charge >= 0.3 is 0 Å². The second-order valence-electron chi connectivity index (χ2n) is 7.07. The zero-order valence-corrected chi connectivity index (χ0v) is 15.3. The molecule has 0 radical (unpaired) electrons. The Morgan fingerprint density at radius 1 is 1.20 bits per heavy atom. The van der Waals surface area contributed by atoms with E-state index in [9.17, 15) is 13.2 Å². The number of carbonyl (C=O) groups excluding carboxylic acids is 1. The minimum absolute atomic E-state index is 0.0855. The molecule has 2 unspecified atom stereocenters. The highest BCUT2D eigenvalue weighted by atomic mass is 32.2. The maximum absolute atomic E-state index is 12.1. The molecule has 0 spiro atoms. The summed E-state index contributed by atoms with van der Waals surface area (Å²) < 4.78 is 28.4. The molecule has 0 saturated carbocycles. The summed E-state index contributed by atoms with van der Waals surface area (Å²) in [6, 6.07) is 7.79. The molecule has 2 aliphatic rings. The van der Waals surface area contributed by atoms with Crippen molar-refractivity contribution in [1.82, 2.24) is 10.6 Å². The van der Waals surface area contributed by atoms with Crippen molar-refractivity contribution >= 4 is 15.7 Å². The van der Waals surface area contributed by atoms with Crippen molar-refractivity contribution in [2.24, 2.45) is 0 Å². The highest BCUT2D eigenvalue weighted by Crippen LogP contribution is 2.26. The van der Waals surface area contributed by atoms with Crippen molar-refractivity contribution in [2.75, 3.05) is 12.9 Å². The first-order chi connectivity index (χ1) is 11.9. The van der Waals surface area contributed by atoms with Gasteiger partial charge < -0.3 is 15.4 Å². The minimum Gasteiger partial charge on any atom is -0.494 e. The van der Waals surface area contributed by atoms with Gasteiger partial charge in [0.15, 0.2) is 9.84 Å². The number of hydrogen-bond donors (Lipinski definition) is 2. The molecule has 2 atom stereocenters. The van der Waals surface area contributed by atoms with Crippen LogP contribution in [0.3, 0.4) is 0 Å². The number of nitrogens with one attached hydrogen (secondary N) is 2. The Labute approximate surface area is 149 Å². The average molecular weight is 366 g/mol. The highest BCUT2D eigenvalue weighted by Gasteiger charge is 2.33. The molecule has 6 nitrogen and oxygen atoms in total. The summed E-state index contributed by atoms with van der Waals surface area (Å²) in [7, 11) is -3.19. The number of carbonyl (C=O) groups is 1. The molecular weight excluding hydrogens is 340 g/mol. The van der Waals surface area contributed by atoms with E-state index in [0.717, 1.165) is 12.8 Å². The minimum atomic E-state index is -3.19. The first kappa shape index (κ1) is 18.2. The maximum atomic E-state index is 12.1. The number of sulfone groups is 1. The third-order valence-corrected chi connectivity index (χ3v) is 6.04. The number of hydrogen-bond acceptors (Lipinski definition) is 5. The number of amides is 1. The van der Waals surface area contributed by atoms with Gasteiger partial charge in [-0.3, -0.25) is 4.79 Å². The van der Waals surface area contributed by atoms with Crippen molar-refractivity contribution in [3.63, 3.8) is 0 Å². The van der Waals surface area contributed by atoms with E-state index in [0.29, 0.717) is 43.3 Å². The van der Waals surface area contributed by atoms with Crippen LogP contribution in [-0.4, -0.2) is 45.3 Å². The summed E-state index contributed by atoms with van der Waals surface area (Å²) in [5, 5.41) is 6.71. The van der Waals surface area contributed by atoms with Crippen LogP contribution in [0.2, 0.25) is 0 Å². The fraction of sp³-hybridized carbons (Fsp3) is 0.611. The van der Waals surface area contributed by atoms with Crippen LogP contribution in [0.25, 0.3) is 0 Å². The normalized spacial score (nSPS) is 25.6. The lowest BCUT2D eigenvalue weighted by molar-refractivity contribution is -0.122. The van der Waals surface area contributed by atoms with Crippen LogP contribution < -0.4 is 15.4 Å². The first-order valence-electron chi connectivity index (χ1n) is 8.88. The van der Waals surface area contributed by atoms with Gasteiger partial charge in [0.1, 0.15) is 5.75 Å². The van der Waals surface area contributed by atoms with Crippen molar-refractivity contribution in [2.45, 2.75) is 61.5 Å². The van der Waals surface area contributed by atoms with E-state index in [1.165, 1.54) is 31.2 Å². The van der Waals surface area contributed by atoms with Gasteiger partial charge in [-0.15, -0.1) is 0 Å². The average Bonchev–Trinajstić information content (AvgIpc) is 2.90. The lowest BCUT2D eigenvalue weighted by atomic mass is 9.99.